The molecule has 0 aromatic heterocycles. The molecule has 2 rings (SSSR count). The lowest BCUT2D eigenvalue weighted by Gasteiger charge is -2.41. The van der Waals surface area contributed by atoms with E-state index in [0.29, 0.717) is 6.04 Å². The maximum atomic E-state index is 11.2. The standard InChI is InChI=1S/C8H15N2O/c11-10-4-2-1-3-8(10)7-9-5-6-9/h8H,1-7H2/q-1. The van der Waals surface area contributed by atoms with Crippen LogP contribution in [0.5, 0.6) is 0 Å². The van der Waals surface area contributed by atoms with Crippen molar-refractivity contribution in [2.24, 2.45) is 0 Å². The number of hydrogen-bond acceptors (Lipinski definition) is 3. The second-order valence-electron chi connectivity index (χ2n) is 3.59. The normalized spacial score (nSPS) is 34.1. The fraction of sp³-hybridized carbons (Fsp3) is 1.00. The van der Waals surface area contributed by atoms with Crippen LogP contribution in [-0.4, -0.2) is 42.2 Å². The zero-order chi connectivity index (χ0) is 7.68. The van der Waals surface area contributed by atoms with E-state index in [1.807, 2.05) is 0 Å². The molecule has 3 heteroatoms. The van der Waals surface area contributed by atoms with E-state index in [-0.39, 0.29) is 0 Å². The van der Waals surface area contributed by atoms with Crippen molar-refractivity contribution in [3.05, 3.63) is 5.21 Å². The SMILES string of the molecule is [O-]N1CCCCC1CN1CC1. The summed E-state index contributed by atoms with van der Waals surface area (Å²) >= 11 is 0. The molecule has 1 atom stereocenters. The Labute approximate surface area is 67.6 Å². The molecule has 0 bridgehead atoms. The molecule has 1 unspecified atom stereocenters. The summed E-state index contributed by atoms with van der Waals surface area (Å²) in [7, 11) is 0. The quantitative estimate of drug-likeness (QED) is 0.548. The van der Waals surface area contributed by atoms with E-state index in [1.54, 1.807) is 0 Å². The van der Waals surface area contributed by atoms with Gasteiger partial charge < -0.3 is 10.3 Å². The maximum absolute atomic E-state index is 11.2. The Morgan fingerprint density at radius 2 is 2.00 bits per heavy atom. The first-order chi connectivity index (χ1) is 5.36. The molecule has 2 heterocycles. The molecule has 0 radical (unpaired) electrons. The van der Waals surface area contributed by atoms with E-state index in [0.717, 1.165) is 25.9 Å². The van der Waals surface area contributed by atoms with Crippen LogP contribution in [0.1, 0.15) is 19.3 Å². The van der Waals surface area contributed by atoms with Crippen LogP contribution in [0.25, 0.3) is 0 Å². The van der Waals surface area contributed by atoms with Gasteiger partial charge in [-0.25, -0.2) is 0 Å². The smallest absolute Gasteiger partial charge is 0.0130 e. The first-order valence-electron chi connectivity index (χ1n) is 4.52. The molecule has 0 N–H and O–H groups in total. The number of hydrogen-bond donors (Lipinski definition) is 0. The zero-order valence-electron chi connectivity index (χ0n) is 6.83. The minimum absolute atomic E-state index is 0.311. The first kappa shape index (κ1) is 7.53. The maximum Gasteiger partial charge on any atom is 0.0130 e. The van der Waals surface area contributed by atoms with Gasteiger partial charge in [-0.2, -0.15) is 0 Å². The highest BCUT2D eigenvalue weighted by molar-refractivity contribution is 4.84. The van der Waals surface area contributed by atoms with Gasteiger partial charge in [0.25, 0.3) is 0 Å². The van der Waals surface area contributed by atoms with Crippen molar-refractivity contribution in [1.29, 1.82) is 0 Å². The van der Waals surface area contributed by atoms with Crippen molar-refractivity contribution in [1.82, 2.24) is 9.96 Å². The van der Waals surface area contributed by atoms with Gasteiger partial charge in [0.1, 0.15) is 0 Å². The van der Waals surface area contributed by atoms with Crippen LogP contribution in [0.4, 0.5) is 0 Å². The van der Waals surface area contributed by atoms with E-state index in [9.17, 15) is 5.21 Å². The molecule has 2 aliphatic rings. The zero-order valence-corrected chi connectivity index (χ0v) is 6.83. The fourth-order valence-corrected chi connectivity index (χ4v) is 1.71. The Morgan fingerprint density at radius 1 is 1.18 bits per heavy atom. The largest absolute Gasteiger partial charge is 0.785 e. The third-order valence-corrected chi connectivity index (χ3v) is 2.58. The molecule has 0 aromatic carbocycles. The average molecular weight is 155 g/mol. The number of rotatable bonds is 2. The highest BCUT2D eigenvalue weighted by atomic mass is 16.5. The van der Waals surface area contributed by atoms with Crippen molar-refractivity contribution in [2.75, 3.05) is 26.2 Å². The highest BCUT2D eigenvalue weighted by Gasteiger charge is 2.23. The van der Waals surface area contributed by atoms with Gasteiger partial charge >= 0.3 is 0 Å². The van der Waals surface area contributed by atoms with Crippen LogP contribution in [0.2, 0.25) is 0 Å². The predicted molar refractivity (Wildman–Crippen MR) is 44.2 cm³/mol. The Hall–Kier alpha value is -0.120. The van der Waals surface area contributed by atoms with E-state index in [2.05, 4.69) is 4.90 Å². The summed E-state index contributed by atoms with van der Waals surface area (Å²) in [5.74, 6) is 0. The summed E-state index contributed by atoms with van der Waals surface area (Å²) in [6, 6.07) is 0.311. The lowest BCUT2D eigenvalue weighted by atomic mass is 10.0. The van der Waals surface area contributed by atoms with Gasteiger partial charge in [0, 0.05) is 25.7 Å². The van der Waals surface area contributed by atoms with Gasteiger partial charge in [-0.15, -0.1) is 0 Å². The van der Waals surface area contributed by atoms with Crippen LogP contribution in [-0.2, 0) is 0 Å². The second-order valence-corrected chi connectivity index (χ2v) is 3.59. The third kappa shape index (κ3) is 1.92. The lowest BCUT2D eigenvalue weighted by molar-refractivity contribution is 0.192. The molecule has 64 valence electrons. The van der Waals surface area contributed by atoms with Crippen molar-refractivity contribution in [2.45, 2.75) is 25.3 Å². The topological polar surface area (TPSA) is 29.3 Å². The Morgan fingerprint density at radius 3 is 2.64 bits per heavy atom. The fourth-order valence-electron chi connectivity index (χ4n) is 1.71. The van der Waals surface area contributed by atoms with Crippen molar-refractivity contribution in [3.8, 4) is 0 Å². The summed E-state index contributed by atoms with van der Waals surface area (Å²) in [5, 5.41) is 12.5. The van der Waals surface area contributed by atoms with Crippen molar-refractivity contribution < 1.29 is 0 Å². The van der Waals surface area contributed by atoms with Gasteiger partial charge in [-0.05, 0) is 19.4 Å². The molecule has 0 spiro atoms. The molecule has 0 amide bonds. The molecule has 2 aliphatic heterocycles. The molecular weight excluding hydrogens is 140 g/mol. The summed E-state index contributed by atoms with van der Waals surface area (Å²) in [4.78, 5) is 2.33. The van der Waals surface area contributed by atoms with Gasteiger partial charge in [-0.1, -0.05) is 6.42 Å². The summed E-state index contributed by atoms with van der Waals surface area (Å²) in [5.41, 5.74) is 0. The second kappa shape index (κ2) is 3.09. The van der Waals surface area contributed by atoms with Gasteiger partial charge in [0.05, 0.1) is 0 Å². The molecular formula is C8H15N2O-. The summed E-state index contributed by atoms with van der Waals surface area (Å²) in [6.07, 6.45) is 3.46. The monoisotopic (exact) mass is 155 g/mol. The minimum Gasteiger partial charge on any atom is -0.785 e. The molecule has 2 saturated heterocycles. The molecule has 3 nitrogen and oxygen atoms in total. The van der Waals surface area contributed by atoms with E-state index in [4.69, 9.17) is 0 Å². The number of hydroxylamine groups is 2. The number of piperidine rings is 1. The Balaban J connectivity index is 1.78. The molecule has 0 saturated carbocycles. The van der Waals surface area contributed by atoms with Gasteiger partial charge in [-0.3, -0.25) is 4.90 Å². The Bertz CT molecular complexity index is 136. The van der Waals surface area contributed by atoms with Gasteiger partial charge in [0.15, 0.2) is 0 Å². The van der Waals surface area contributed by atoms with E-state index in [1.165, 1.54) is 24.6 Å². The number of nitrogens with zero attached hydrogens (tertiary/aromatic N) is 2. The van der Waals surface area contributed by atoms with E-state index < -0.39 is 0 Å². The van der Waals surface area contributed by atoms with Crippen LogP contribution in [0.3, 0.4) is 0 Å². The molecule has 0 aliphatic carbocycles. The molecule has 11 heavy (non-hydrogen) atoms. The van der Waals surface area contributed by atoms with Gasteiger partial charge in [0.2, 0.25) is 0 Å². The Kier molecular flexibility index (Phi) is 2.11. The first-order valence-corrected chi connectivity index (χ1v) is 4.52. The third-order valence-electron chi connectivity index (χ3n) is 2.58. The predicted octanol–water partition coefficient (Wildman–Crippen LogP) is 0.654. The molecule has 0 aromatic rings. The van der Waals surface area contributed by atoms with Crippen LogP contribution in [0.15, 0.2) is 0 Å². The minimum atomic E-state index is 0.311. The van der Waals surface area contributed by atoms with Crippen LogP contribution >= 0.6 is 0 Å². The van der Waals surface area contributed by atoms with Crippen LogP contribution < -0.4 is 0 Å². The van der Waals surface area contributed by atoms with Crippen molar-refractivity contribution >= 4 is 0 Å². The summed E-state index contributed by atoms with van der Waals surface area (Å²) < 4.78 is 0. The van der Waals surface area contributed by atoms with E-state index >= 15 is 0 Å². The molecule has 2 fully saturated rings. The highest BCUT2D eigenvalue weighted by Crippen LogP contribution is 2.18. The average Bonchev–Trinajstić information content (AvgIpc) is 2.78. The van der Waals surface area contributed by atoms with Crippen LogP contribution in [0, 0.1) is 5.21 Å². The lowest BCUT2D eigenvalue weighted by Crippen LogP contribution is -2.39. The van der Waals surface area contributed by atoms with Crippen molar-refractivity contribution in [3.63, 3.8) is 0 Å². The summed E-state index contributed by atoms with van der Waals surface area (Å²) in [6.45, 7) is 4.21.